The topological polar surface area (TPSA) is 161 Å². The van der Waals surface area contributed by atoms with Crippen LogP contribution in [0.3, 0.4) is 0 Å². The molecule has 5 aromatic rings. The van der Waals surface area contributed by atoms with Crippen molar-refractivity contribution < 1.29 is 71.4 Å². The fourth-order valence-electron chi connectivity index (χ4n) is 6.82. The average Bonchev–Trinajstić information content (AvgIpc) is 3.28. The van der Waals surface area contributed by atoms with Crippen LogP contribution in [0.1, 0.15) is 23.2 Å². The van der Waals surface area contributed by atoms with Crippen molar-refractivity contribution in [2.45, 2.75) is 17.0 Å². The Labute approximate surface area is 408 Å². The monoisotopic (exact) mass is 956 g/mol. The van der Waals surface area contributed by atoms with Crippen LogP contribution in [0.5, 0.6) is 11.5 Å². The summed E-state index contributed by atoms with van der Waals surface area (Å²) < 4.78 is 46.5. The van der Waals surface area contributed by atoms with Crippen molar-refractivity contribution in [3.8, 4) is 11.5 Å². The Bertz CT molecular complexity index is 2440. The quantitative estimate of drug-likeness (QED) is 0.0452. The number of phenolic OH excluding ortho intramolecular Hbond substituents is 1. The number of phenols is 1. The molecule has 2 aliphatic rings. The minimum atomic E-state index is -4.29. The molecule has 2 N–H and O–H groups in total. The van der Waals surface area contributed by atoms with Crippen LogP contribution >= 0.6 is 32.4 Å². The number of benzene rings is 5. The van der Waals surface area contributed by atoms with Crippen LogP contribution < -0.4 is 54.7 Å². The molecule has 0 aliphatic carbocycles. The van der Waals surface area contributed by atoms with E-state index in [1.165, 1.54) is 29.8 Å². The van der Waals surface area contributed by atoms with E-state index in [0.29, 0.717) is 35.0 Å². The van der Waals surface area contributed by atoms with Crippen LogP contribution in [0.15, 0.2) is 152 Å². The third-order valence-electron chi connectivity index (χ3n) is 9.71. The van der Waals surface area contributed by atoms with Crippen LogP contribution in [-0.4, -0.2) is 87.7 Å². The second-order valence-electron chi connectivity index (χ2n) is 14.0. The van der Waals surface area contributed by atoms with Gasteiger partial charge in [-0.15, -0.1) is 9.24 Å². The minimum Gasteiger partial charge on any atom is -0.744 e. The first kappa shape index (κ1) is 52.0. The summed E-state index contributed by atoms with van der Waals surface area (Å²) in [5.41, 5.74) is 4.05. The van der Waals surface area contributed by atoms with E-state index in [2.05, 4.69) is 61.8 Å². The maximum absolute atomic E-state index is 12.4. The van der Waals surface area contributed by atoms with Gasteiger partial charge in [0.05, 0.1) is 38.4 Å². The van der Waals surface area contributed by atoms with E-state index in [-0.39, 0.29) is 77.3 Å². The van der Waals surface area contributed by atoms with Crippen molar-refractivity contribution in [1.29, 1.82) is 0 Å². The fraction of sp³-hybridized carbons (Fsp3) is 0.217. The molecule has 18 heteroatoms. The molecule has 0 aromatic heterocycles. The predicted molar refractivity (Wildman–Crippen MR) is 250 cm³/mol. The molecular formula is C46H48Cl2N4NaO9PS. The van der Waals surface area contributed by atoms with Crippen LogP contribution in [-0.2, 0) is 19.6 Å². The molecule has 2 fully saturated rings. The number of halogens is 2. The number of carbonyl (C=O) groups is 2. The van der Waals surface area contributed by atoms with Crippen LogP contribution in [0.25, 0.3) is 0 Å². The fourth-order valence-corrected chi connectivity index (χ4v) is 8.32. The van der Waals surface area contributed by atoms with Crippen molar-refractivity contribution in [2.75, 3.05) is 62.3 Å². The number of carbonyl (C=O) groups excluding carboxylic acids is 2. The first-order valence-electron chi connectivity index (χ1n) is 19.7. The summed E-state index contributed by atoms with van der Waals surface area (Å²) in [6.45, 7) is 11.5. The number of anilines is 2. The van der Waals surface area contributed by atoms with Crippen LogP contribution in [0.2, 0.25) is 10.0 Å². The number of piperazine rings is 2. The number of aromatic hydroxyl groups is 1. The van der Waals surface area contributed by atoms with E-state index in [0.717, 1.165) is 36.6 Å². The molecule has 332 valence electrons. The van der Waals surface area contributed by atoms with E-state index >= 15 is 0 Å². The molecular weight excluding hydrogens is 909 g/mol. The maximum atomic E-state index is 12.4. The van der Waals surface area contributed by atoms with E-state index in [1.807, 2.05) is 42.5 Å². The largest absolute Gasteiger partial charge is 1.00 e. The Morgan fingerprint density at radius 2 is 1.38 bits per heavy atom. The summed E-state index contributed by atoms with van der Waals surface area (Å²) in [4.78, 5) is 30.0. The molecule has 7 rings (SSSR count). The third kappa shape index (κ3) is 15.3. The van der Waals surface area contributed by atoms with Crippen molar-refractivity contribution in [2.24, 2.45) is 0 Å². The van der Waals surface area contributed by atoms with Gasteiger partial charge in [0.15, 0.2) is 0 Å². The number of hydrogen-bond acceptors (Lipinski definition) is 12. The Hall–Kier alpha value is -4.60. The van der Waals surface area contributed by atoms with Gasteiger partial charge >= 0.3 is 41.8 Å². The van der Waals surface area contributed by atoms with Gasteiger partial charge in [-0.25, -0.2) is 18.0 Å². The number of ether oxygens (including phenoxy) is 3. The van der Waals surface area contributed by atoms with Gasteiger partial charge in [0.1, 0.15) is 34.8 Å². The van der Waals surface area contributed by atoms with Crippen LogP contribution in [0, 0.1) is 0 Å². The normalized spacial score (nSPS) is 15.7. The smallest absolute Gasteiger partial charge is 0.744 e. The first-order chi connectivity index (χ1) is 30.3. The zero-order chi connectivity index (χ0) is 45.4. The van der Waals surface area contributed by atoms with E-state index in [1.54, 1.807) is 47.4 Å². The number of nitrogens with zero attached hydrogens (tertiary/aromatic N) is 3. The molecule has 3 atom stereocenters. The number of hydrogen-bond donors (Lipinski definition) is 2. The van der Waals surface area contributed by atoms with Gasteiger partial charge < -0.3 is 43.9 Å². The summed E-state index contributed by atoms with van der Waals surface area (Å²) in [6, 6.07) is 36.4. The van der Waals surface area contributed by atoms with Crippen molar-refractivity contribution in [3.05, 3.63) is 168 Å². The molecule has 5 aromatic carbocycles. The minimum absolute atomic E-state index is 0. The summed E-state index contributed by atoms with van der Waals surface area (Å²) >= 11 is 12.9. The standard InChI is InChI=1S/C24H25ClN2O5.C16H17ClN2O.C6H7O3PS.Na/c1-3-14-30-23(28)26-12-13-27(22(17-26)18-8-6-5-7-9-18)21-11-10-19(16-20(21)25)32-24(29)31-15-4-2;17-14-10-13(20)6-7-15(14)19-9-8-18-11-16(19)12-4-2-1-3-5-12;7-11(8,9)6-3-1-2-5(10)4-6;/h3-11,16,22H,1-2,12-15,17H2;1-7,10,16,18,20H,8-9,11H2;1-4H,10H2,(H,7,8,9);/q;;;+1/p-1/t22-;16-;;/m00../s1. The summed E-state index contributed by atoms with van der Waals surface area (Å²) in [5.74, 6) is 0.473. The third-order valence-corrected chi connectivity index (χ3v) is 11.5. The molecule has 0 saturated carbocycles. The number of nitrogens with one attached hydrogen (secondary N) is 1. The maximum Gasteiger partial charge on any atom is 1.00 e. The molecule has 0 spiro atoms. The molecule has 2 saturated heterocycles. The Balaban J connectivity index is 0.000000237. The molecule has 1 amide bonds. The van der Waals surface area contributed by atoms with Gasteiger partial charge in [0.25, 0.3) is 0 Å². The van der Waals surface area contributed by atoms with Crippen LogP contribution in [0.4, 0.5) is 21.0 Å². The molecule has 2 aliphatic heterocycles. The molecule has 1 unspecified atom stereocenters. The molecule has 13 nitrogen and oxygen atoms in total. The summed E-state index contributed by atoms with van der Waals surface area (Å²) in [5, 5.41) is 14.6. The summed E-state index contributed by atoms with van der Waals surface area (Å²) in [7, 11) is -1.97. The zero-order valence-corrected chi connectivity index (χ0v) is 40.7. The van der Waals surface area contributed by atoms with Crippen molar-refractivity contribution in [3.63, 3.8) is 0 Å². The van der Waals surface area contributed by atoms with Crippen molar-refractivity contribution in [1.82, 2.24) is 10.2 Å². The van der Waals surface area contributed by atoms with Gasteiger partial charge in [0, 0.05) is 51.4 Å². The Morgan fingerprint density at radius 1 is 0.781 bits per heavy atom. The second-order valence-corrected chi connectivity index (χ2v) is 16.8. The van der Waals surface area contributed by atoms with Gasteiger partial charge in [-0.05, 0) is 52.8 Å². The van der Waals surface area contributed by atoms with Gasteiger partial charge in [-0.1, -0.05) is 121 Å². The van der Waals surface area contributed by atoms with E-state index in [4.69, 9.17) is 37.4 Å². The second kappa shape index (κ2) is 25.8. The molecule has 0 radical (unpaired) electrons. The van der Waals surface area contributed by atoms with Gasteiger partial charge in [0.2, 0.25) is 0 Å². The molecule has 0 bridgehead atoms. The van der Waals surface area contributed by atoms with E-state index in [9.17, 15) is 27.7 Å². The first-order valence-corrected chi connectivity index (χ1v) is 22.4. The Kier molecular flexibility index (Phi) is 21.0. The van der Waals surface area contributed by atoms with Crippen molar-refractivity contribution >= 4 is 71.5 Å². The van der Waals surface area contributed by atoms with E-state index < -0.39 is 16.3 Å². The molecule has 64 heavy (non-hydrogen) atoms. The molecule has 2 heterocycles. The van der Waals surface area contributed by atoms with Gasteiger partial charge in [-0.2, -0.15) is 0 Å². The SMILES string of the molecule is C=CCOC(=O)Oc1ccc(N2CCN(C(=O)OCC=C)C[C@H]2c2ccccc2)c(Cl)c1.O=S(=O)([O-])c1cccc(P)c1.Oc1ccc(N2CCNC[C@H]2c2ccccc2)c(Cl)c1.[Na+]. The predicted octanol–water partition coefficient (Wildman–Crippen LogP) is 5.52. The average molecular weight is 958 g/mol. The Morgan fingerprint density at radius 3 is 1.95 bits per heavy atom. The number of rotatable bonds is 10. The zero-order valence-electron chi connectivity index (χ0n) is 35.2. The van der Waals surface area contributed by atoms with Gasteiger partial charge in [-0.3, -0.25) is 0 Å². The summed E-state index contributed by atoms with van der Waals surface area (Å²) in [6.07, 6.45) is 1.79. The number of amides is 1.